The molecule has 1 aromatic heterocycles. The number of nitrogens with one attached hydrogen (secondary N) is 2. The molecule has 0 saturated heterocycles. The molecule has 0 amide bonds. The van der Waals surface area contributed by atoms with Crippen molar-refractivity contribution in [1.82, 2.24) is 15.2 Å². The Kier molecular flexibility index (Phi) is 3.88. The number of nitro benzene ring substituents is 1. The number of benzene rings is 1. The van der Waals surface area contributed by atoms with E-state index in [0.717, 1.165) is 6.07 Å². The van der Waals surface area contributed by atoms with Gasteiger partial charge in [-0.3, -0.25) is 19.9 Å². The molecule has 2 aromatic rings. The fourth-order valence-corrected chi connectivity index (χ4v) is 1.38. The lowest BCUT2D eigenvalue weighted by Crippen LogP contribution is -2.15. The maximum atomic E-state index is 11.3. The van der Waals surface area contributed by atoms with Gasteiger partial charge in [0.25, 0.3) is 5.56 Å². The zero-order valence-electron chi connectivity index (χ0n) is 10.8. The van der Waals surface area contributed by atoms with E-state index >= 15 is 0 Å². The standard InChI is InChI=1S/C11H10N6O4/c1-6-10(19)13-11(16-14-6)15-12-5-7-2-3-9(18)8(4-7)17(20)21/h2-5,18H,1H3,(H2,13,15,16,19)/b12-5-. The molecule has 1 heterocycles. The summed E-state index contributed by atoms with van der Waals surface area (Å²) in [6, 6.07) is 3.79. The molecule has 0 spiro atoms. The monoisotopic (exact) mass is 290 g/mol. The first-order valence-corrected chi connectivity index (χ1v) is 5.67. The van der Waals surface area contributed by atoms with Crippen LogP contribution in [0.25, 0.3) is 0 Å². The molecular formula is C11H10N6O4. The summed E-state index contributed by atoms with van der Waals surface area (Å²) in [7, 11) is 0. The summed E-state index contributed by atoms with van der Waals surface area (Å²) in [5, 5.41) is 31.0. The highest BCUT2D eigenvalue weighted by atomic mass is 16.6. The predicted molar refractivity (Wildman–Crippen MR) is 73.4 cm³/mol. The van der Waals surface area contributed by atoms with Crippen LogP contribution in [0.1, 0.15) is 11.3 Å². The van der Waals surface area contributed by atoms with Crippen molar-refractivity contribution in [3.63, 3.8) is 0 Å². The van der Waals surface area contributed by atoms with Crippen LogP contribution in [0.15, 0.2) is 28.1 Å². The summed E-state index contributed by atoms with van der Waals surface area (Å²) in [6.07, 6.45) is 1.27. The van der Waals surface area contributed by atoms with E-state index in [4.69, 9.17) is 0 Å². The first kappa shape index (κ1) is 14.1. The minimum absolute atomic E-state index is 0.0372. The Hall–Kier alpha value is -3.30. The molecule has 0 radical (unpaired) electrons. The lowest BCUT2D eigenvalue weighted by atomic mass is 10.2. The van der Waals surface area contributed by atoms with Gasteiger partial charge in [0.15, 0.2) is 5.75 Å². The van der Waals surface area contributed by atoms with Crippen LogP contribution >= 0.6 is 0 Å². The zero-order chi connectivity index (χ0) is 15.4. The van der Waals surface area contributed by atoms with Gasteiger partial charge in [0.1, 0.15) is 5.69 Å². The molecule has 108 valence electrons. The fraction of sp³-hybridized carbons (Fsp3) is 0.0909. The largest absolute Gasteiger partial charge is 0.502 e. The highest BCUT2D eigenvalue weighted by Crippen LogP contribution is 2.25. The topological polar surface area (TPSA) is 146 Å². The van der Waals surface area contributed by atoms with Crippen LogP contribution in [0.3, 0.4) is 0 Å². The molecule has 10 heteroatoms. The summed E-state index contributed by atoms with van der Waals surface area (Å²) >= 11 is 0. The van der Waals surface area contributed by atoms with Crippen LogP contribution in [0.2, 0.25) is 0 Å². The fourth-order valence-electron chi connectivity index (χ4n) is 1.38. The van der Waals surface area contributed by atoms with Crippen molar-refractivity contribution in [2.45, 2.75) is 6.92 Å². The Balaban J connectivity index is 2.14. The van der Waals surface area contributed by atoms with E-state index in [1.54, 1.807) is 0 Å². The minimum atomic E-state index is -0.705. The number of nitrogens with zero attached hydrogens (tertiary/aromatic N) is 4. The molecule has 0 fully saturated rings. The Morgan fingerprint density at radius 3 is 2.90 bits per heavy atom. The lowest BCUT2D eigenvalue weighted by Gasteiger charge is -1.99. The smallest absolute Gasteiger partial charge is 0.311 e. The van der Waals surface area contributed by atoms with Crippen LogP contribution in [0, 0.1) is 17.0 Å². The van der Waals surface area contributed by atoms with Gasteiger partial charge in [-0.25, -0.2) is 5.43 Å². The van der Waals surface area contributed by atoms with Crippen LogP contribution < -0.4 is 11.0 Å². The predicted octanol–water partition coefficient (Wildman–Crippen LogP) is 0.533. The summed E-state index contributed by atoms with van der Waals surface area (Å²) < 4.78 is 0. The Bertz CT molecular complexity index is 770. The highest BCUT2D eigenvalue weighted by molar-refractivity contribution is 5.81. The number of phenolic OH excluding ortho intramolecular Hbond substituents is 1. The summed E-state index contributed by atoms with van der Waals surface area (Å²) in [5.41, 5.74) is 2.21. The van der Waals surface area contributed by atoms with E-state index < -0.39 is 21.9 Å². The Morgan fingerprint density at radius 2 is 2.24 bits per heavy atom. The molecule has 10 nitrogen and oxygen atoms in total. The van der Waals surface area contributed by atoms with Crippen LogP contribution in [-0.4, -0.2) is 31.4 Å². The summed E-state index contributed by atoms with van der Waals surface area (Å²) in [4.78, 5) is 23.6. The molecule has 3 N–H and O–H groups in total. The van der Waals surface area contributed by atoms with Crippen molar-refractivity contribution in [3.8, 4) is 5.75 Å². The second-order valence-electron chi connectivity index (χ2n) is 3.96. The van der Waals surface area contributed by atoms with Gasteiger partial charge < -0.3 is 5.11 Å². The highest BCUT2D eigenvalue weighted by Gasteiger charge is 2.12. The van der Waals surface area contributed by atoms with Crippen LogP contribution in [0.5, 0.6) is 5.75 Å². The van der Waals surface area contributed by atoms with E-state index in [1.807, 2.05) is 0 Å². The number of hydrogen-bond donors (Lipinski definition) is 3. The Labute approximate surface area is 117 Å². The third kappa shape index (κ3) is 3.37. The second kappa shape index (κ2) is 5.77. The number of aryl methyl sites for hydroxylation is 1. The molecule has 21 heavy (non-hydrogen) atoms. The number of rotatable bonds is 4. The van der Waals surface area contributed by atoms with E-state index in [0.29, 0.717) is 5.56 Å². The quantitative estimate of drug-likeness (QED) is 0.422. The normalized spacial score (nSPS) is 10.7. The van der Waals surface area contributed by atoms with Gasteiger partial charge in [-0.05, 0) is 19.1 Å². The third-order valence-corrected chi connectivity index (χ3v) is 2.44. The number of aromatic hydroxyl groups is 1. The van der Waals surface area contributed by atoms with E-state index in [1.165, 1.54) is 25.3 Å². The van der Waals surface area contributed by atoms with Gasteiger partial charge in [-0.1, -0.05) is 0 Å². The number of aromatic amines is 1. The van der Waals surface area contributed by atoms with Crippen LogP contribution in [-0.2, 0) is 0 Å². The number of anilines is 1. The molecule has 0 aliphatic heterocycles. The molecule has 0 atom stereocenters. The maximum absolute atomic E-state index is 11.3. The molecule has 0 aliphatic carbocycles. The lowest BCUT2D eigenvalue weighted by molar-refractivity contribution is -0.385. The zero-order valence-corrected chi connectivity index (χ0v) is 10.8. The van der Waals surface area contributed by atoms with E-state index in [9.17, 15) is 20.0 Å². The number of hydrogen-bond acceptors (Lipinski definition) is 8. The first-order chi connectivity index (χ1) is 9.97. The molecule has 0 unspecified atom stereocenters. The molecular weight excluding hydrogens is 280 g/mol. The number of hydrazone groups is 1. The average Bonchev–Trinajstić information content (AvgIpc) is 2.44. The van der Waals surface area contributed by atoms with E-state index in [2.05, 4.69) is 25.7 Å². The van der Waals surface area contributed by atoms with Crippen LogP contribution in [0.4, 0.5) is 11.6 Å². The van der Waals surface area contributed by atoms with Gasteiger partial charge in [0, 0.05) is 11.6 Å². The molecule has 0 saturated carbocycles. The summed E-state index contributed by atoms with van der Waals surface area (Å²) in [5.74, 6) is -0.394. The van der Waals surface area contributed by atoms with Crippen molar-refractivity contribution in [3.05, 3.63) is 49.9 Å². The van der Waals surface area contributed by atoms with Gasteiger partial charge in [-0.2, -0.15) is 5.10 Å². The maximum Gasteiger partial charge on any atom is 0.311 e. The van der Waals surface area contributed by atoms with Crippen molar-refractivity contribution in [1.29, 1.82) is 0 Å². The SMILES string of the molecule is Cc1nnc(N/N=C\c2ccc(O)c([N+](=O)[O-])c2)[nH]c1=O. The Morgan fingerprint density at radius 1 is 1.48 bits per heavy atom. The summed E-state index contributed by atoms with van der Waals surface area (Å²) in [6.45, 7) is 1.51. The van der Waals surface area contributed by atoms with Gasteiger partial charge in [0.05, 0.1) is 11.1 Å². The molecule has 1 aromatic carbocycles. The number of H-pyrrole nitrogens is 1. The third-order valence-electron chi connectivity index (χ3n) is 2.44. The van der Waals surface area contributed by atoms with Crippen molar-refractivity contribution >= 4 is 17.9 Å². The van der Waals surface area contributed by atoms with E-state index in [-0.39, 0.29) is 11.6 Å². The number of nitro groups is 1. The van der Waals surface area contributed by atoms with Gasteiger partial charge in [-0.15, -0.1) is 10.2 Å². The van der Waals surface area contributed by atoms with Gasteiger partial charge in [0.2, 0.25) is 5.95 Å². The molecule has 0 aliphatic rings. The second-order valence-corrected chi connectivity index (χ2v) is 3.96. The minimum Gasteiger partial charge on any atom is -0.502 e. The molecule has 2 rings (SSSR count). The van der Waals surface area contributed by atoms with Crippen molar-refractivity contribution in [2.24, 2.45) is 5.10 Å². The van der Waals surface area contributed by atoms with Crippen molar-refractivity contribution < 1.29 is 10.0 Å². The molecule has 0 bridgehead atoms. The first-order valence-electron chi connectivity index (χ1n) is 5.67. The average molecular weight is 290 g/mol. The van der Waals surface area contributed by atoms with Gasteiger partial charge >= 0.3 is 5.69 Å². The number of phenols is 1. The van der Waals surface area contributed by atoms with Crippen molar-refractivity contribution in [2.75, 3.05) is 5.43 Å². The number of aromatic nitrogens is 3.